The predicted octanol–water partition coefficient (Wildman–Crippen LogP) is 3.58. The number of benzene rings is 3. The number of carbonyl (C=O) groups excluding carboxylic acids is 2. The Labute approximate surface area is 235 Å². The number of hydrogen-bond donors (Lipinski definition) is 3. The van der Waals surface area contributed by atoms with Crippen LogP contribution in [-0.4, -0.2) is 39.7 Å². The molecule has 10 nitrogen and oxygen atoms in total. The van der Waals surface area contributed by atoms with Gasteiger partial charge in [-0.3, -0.25) is 9.59 Å². The highest BCUT2D eigenvalue weighted by Crippen LogP contribution is 2.36. The summed E-state index contributed by atoms with van der Waals surface area (Å²) in [5, 5.41) is 4.01. The summed E-state index contributed by atoms with van der Waals surface area (Å²) in [6, 6.07) is 17.7. The zero-order valence-corrected chi connectivity index (χ0v) is 23.8. The van der Waals surface area contributed by atoms with Gasteiger partial charge < -0.3 is 15.2 Å². The van der Waals surface area contributed by atoms with Gasteiger partial charge in [-0.25, -0.2) is 18.6 Å². The highest BCUT2D eigenvalue weighted by Gasteiger charge is 2.23. The topological polar surface area (TPSA) is 149 Å². The third kappa shape index (κ3) is 8.91. The molecular formula is C27H29BrN4O6S. The maximum atomic E-state index is 13.0. The van der Waals surface area contributed by atoms with Crippen LogP contribution >= 0.6 is 15.9 Å². The number of sulfonamides is 1. The molecule has 0 unspecified atom stereocenters. The van der Waals surface area contributed by atoms with Crippen LogP contribution in [0.3, 0.4) is 0 Å². The third-order valence-electron chi connectivity index (χ3n) is 5.31. The van der Waals surface area contributed by atoms with Gasteiger partial charge in [0.2, 0.25) is 15.9 Å². The zero-order chi connectivity index (χ0) is 28.4. The van der Waals surface area contributed by atoms with E-state index in [0.29, 0.717) is 33.7 Å². The monoisotopic (exact) mass is 616 g/mol. The Morgan fingerprint density at radius 3 is 2.41 bits per heavy atom. The number of rotatable bonds is 13. The van der Waals surface area contributed by atoms with Crippen molar-refractivity contribution >= 4 is 44.0 Å². The molecule has 0 spiro atoms. The van der Waals surface area contributed by atoms with E-state index in [1.54, 1.807) is 61.5 Å². The van der Waals surface area contributed by atoms with Crippen molar-refractivity contribution in [1.29, 1.82) is 0 Å². The van der Waals surface area contributed by atoms with Crippen LogP contribution in [0.25, 0.3) is 0 Å². The molecule has 3 rings (SSSR count). The van der Waals surface area contributed by atoms with Gasteiger partial charge in [0.1, 0.15) is 0 Å². The van der Waals surface area contributed by atoms with Crippen molar-refractivity contribution in [3.8, 4) is 11.5 Å². The van der Waals surface area contributed by atoms with Crippen LogP contribution in [0.5, 0.6) is 11.5 Å². The van der Waals surface area contributed by atoms with Crippen molar-refractivity contribution in [1.82, 2.24) is 10.1 Å². The Hall–Kier alpha value is -3.74. The highest BCUT2D eigenvalue weighted by molar-refractivity contribution is 9.10. The first kappa shape index (κ1) is 29.8. The van der Waals surface area contributed by atoms with E-state index in [1.165, 1.54) is 18.3 Å². The number of nitrogens with one attached hydrogen (secondary N) is 2. The molecular weight excluding hydrogens is 588 g/mol. The minimum Gasteiger partial charge on any atom is -0.490 e. The molecule has 1 atom stereocenters. The van der Waals surface area contributed by atoms with Gasteiger partial charge in [0.25, 0.3) is 5.91 Å². The number of nitrogens with zero attached hydrogens (tertiary/aromatic N) is 1. The molecule has 0 aromatic heterocycles. The lowest BCUT2D eigenvalue weighted by atomic mass is 10.0. The Kier molecular flexibility index (Phi) is 10.6. The average Bonchev–Trinajstić information content (AvgIpc) is 2.88. The number of nitrogens with two attached hydrogens (primary N) is 1. The molecule has 0 saturated carbocycles. The number of hydrogen-bond acceptors (Lipinski definition) is 7. The smallest absolute Gasteiger partial charge is 0.255 e. The van der Waals surface area contributed by atoms with Crippen LogP contribution < -0.4 is 25.4 Å². The molecule has 3 aromatic carbocycles. The lowest BCUT2D eigenvalue weighted by molar-refractivity contribution is -0.121. The first-order chi connectivity index (χ1) is 18.6. The Bertz CT molecular complexity index is 1430. The number of primary amides is 1. The van der Waals surface area contributed by atoms with E-state index in [1.807, 2.05) is 6.92 Å². The summed E-state index contributed by atoms with van der Waals surface area (Å²) < 4.78 is 40.2. The molecule has 39 heavy (non-hydrogen) atoms. The van der Waals surface area contributed by atoms with Crippen LogP contribution in [0.2, 0.25) is 0 Å². The summed E-state index contributed by atoms with van der Waals surface area (Å²) in [5.41, 5.74) is 9.72. The van der Waals surface area contributed by atoms with E-state index in [9.17, 15) is 18.0 Å². The minimum atomic E-state index is -3.89. The number of amides is 2. The molecule has 0 radical (unpaired) electrons. The molecule has 0 bridgehead atoms. The molecule has 4 N–H and O–H groups in total. The van der Waals surface area contributed by atoms with Gasteiger partial charge in [-0.2, -0.15) is 5.10 Å². The summed E-state index contributed by atoms with van der Waals surface area (Å²) in [7, 11) is -3.89. The number of carbonyl (C=O) groups is 2. The fraction of sp³-hybridized carbons (Fsp3) is 0.222. The van der Waals surface area contributed by atoms with Gasteiger partial charge in [-0.1, -0.05) is 48.0 Å². The van der Waals surface area contributed by atoms with Gasteiger partial charge in [0.15, 0.2) is 18.1 Å². The molecule has 0 heterocycles. The van der Waals surface area contributed by atoms with Crippen molar-refractivity contribution in [3.05, 3.63) is 87.9 Å². The van der Waals surface area contributed by atoms with Crippen molar-refractivity contribution in [2.75, 3.05) is 13.2 Å². The summed E-state index contributed by atoms with van der Waals surface area (Å²) in [6.07, 6.45) is 1.21. The first-order valence-electron chi connectivity index (χ1n) is 11.9. The Balaban J connectivity index is 1.74. The second kappa shape index (κ2) is 13.9. The quantitative estimate of drug-likeness (QED) is 0.197. The second-order valence-corrected chi connectivity index (χ2v) is 11.0. The van der Waals surface area contributed by atoms with Crippen LogP contribution in [0.1, 0.15) is 36.1 Å². The van der Waals surface area contributed by atoms with Crippen LogP contribution in [-0.2, 0) is 19.6 Å². The van der Waals surface area contributed by atoms with Crippen LogP contribution in [0.4, 0.5) is 0 Å². The molecule has 0 fully saturated rings. The summed E-state index contributed by atoms with van der Waals surface area (Å²) in [6.45, 7) is 3.68. The predicted molar refractivity (Wildman–Crippen MR) is 151 cm³/mol. The molecule has 0 saturated heterocycles. The zero-order valence-electron chi connectivity index (χ0n) is 21.4. The highest BCUT2D eigenvalue weighted by atomic mass is 79.9. The van der Waals surface area contributed by atoms with Crippen molar-refractivity contribution in [2.24, 2.45) is 10.8 Å². The fourth-order valence-electron chi connectivity index (χ4n) is 3.50. The largest absolute Gasteiger partial charge is 0.490 e. The summed E-state index contributed by atoms with van der Waals surface area (Å²) >= 11 is 3.38. The molecule has 12 heteroatoms. The van der Waals surface area contributed by atoms with Crippen LogP contribution in [0, 0.1) is 6.92 Å². The van der Waals surface area contributed by atoms with Gasteiger partial charge in [-0.05, 0) is 65.2 Å². The minimum absolute atomic E-state index is 0.103. The molecule has 0 aliphatic heterocycles. The van der Waals surface area contributed by atoms with E-state index in [-0.39, 0.29) is 17.9 Å². The fourth-order valence-corrected chi connectivity index (χ4v) is 5.30. The van der Waals surface area contributed by atoms with Gasteiger partial charge in [-0.15, -0.1) is 0 Å². The SMILES string of the molecule is CCOc1cc(/C=N\NC(=O)C[C@@H](NS(=O)(=O)c2ccc(C)cc2)c2ccccc2)cc(Br)c1OCC(N)=O. The first-order valence-corrected chi connectivity index (χ1v) is 14.2. The molecule has 3 aromatic rings. The third-order valence-corrected chi connectivity index (χ3v) is 7.39. The van der Waals surface area contributed by atoms with Gasteiger partial charge >= 0.3 is 0 Å². The maximum Gasteiger partial charge on any atom is 0.255 e. The van der Waals surface area contributed by atoms with Gasteiger partial charge in [0.05, 0.1) is 28.2 Å². The molecule has 206 valence electrons. The van der Waals surface area contributed by atoms with E-state index in [0.717, 1.165) is 5.56 Å². The van der Waals surface area contributed by atoms with Crippen molar-refractivity contribution in [3.63, 3.8) is 0 Å². The molecule has 0 aliphatic carbocycles. The summed E-state index contributed by atoms with van der Waals surface area (Å²) in [4.78, 5) is 24.0. The maximum absolute atomic E-state index is 13.0. The lowest BCUT2D eigenvalue weighted by Crippen LogP contribution is -2.32. The molecule has 0 aliphatic rings. The number of halogens is 1. The summed E-state index contributed by atoms with van der Waals surface area (Å²) in [5.74, 6) is -0.469. The average molecular weight is 618 g/mol. The normalized spacial score (nSPS) is 12.2. The van der Waals surface area contributed by atoms with Crippen molar-refractivity contribution < 1.29 is 27.5 Å². The number of ether oxygens (including phenoxy) is 2. The van der Waals surface area contributed by atoms with Crippen molar-refractivity contribution in [2.45, 2.75) is 31.2 Å². The second-order valence-electron chi connectivity index (χ2n) is 8.41. The molecule has 2 amide bonds. The standard InChI is InChI=1S/C27H29BrN4O6S/c1-3-37-24-14-19(13-22(28)27(24)38-17-25(29)33)16-30-31-26(34)15-23(20-7-5-4-6-8-20)32-39(35,36)21-11-9-18(2)10-12-21/h4-14,16,23,32H,3,15,17H2,1-2H3,(H2,29,33)(H,31,34)/b30-16-/t23-/m1/s1. The van der Waals surface area contributed by atoms with E-state index in [2.05, 4.69) is 31.2 Å². The number of hydrazone groups is 1. The van der Waals surface area contributed by atoms with E-state index >= 15 is 0 Å². The van der Waals surface area contributed by atoms with Gasteiger partial charge in [0, 0.05) is 6.42 Å². The lowest BCUT2D eigenvalue weighted by Gasteiger charge is -2.18. The van der Waals surface area contributed by atoms with Crippen LogP contribution in [0.15, 0.2) is 81.2 Å². The van der Waals surface area contributed by atoms with E-state index in [4.69, 9.17) is 15.2 Å². The Morgan fingerprint density at radius 1 is 1.08 bits per heavy atom. The van der Waals surface area contributed by atoms with E-state index < -0.39 is 27.9 Å². The number of aryl methyl sites for hydroxylation is 1. The Morgan fingerprint density at radius 2 is 1.77 bits per heavy atom.